The highest BCUT2D eigenvalue weighted by atomic mass is 15.0. The van der Waals surface area contributed by atoms with Gasteiger partial charge in [0.05, 0.1) is 0 Å². The summed E-state index contributed by atoms with van der Waals surface area (Å²) in [4.78, 5) is 0. The van der Waals surface area contributed by atoms with Crippen LogP contribution in [0.25, 0.3) is 0 Å². The molecule has 1 saturated carbocycles. The van der Waals surface area contributed by atoms with Crippen LogP contribution in [0.4, 0.5) is 0 Å². The minimum absolute atomic E-state index is 0.198. The summed E-state index contributed by atoms with van der Waals surface area (Å²) >= 11 is 0. The Morgan fingerprint density at radius 1 is 1.24 bits per heavy atom. The second kappa shape index (κ2) is 4.89. The predicted molar refractivity (Wildman–Crippen MR) is 76.1 cm³/mol. The average Bonchev–Trinajstić information content (AvgIpc) is 2.41. The standard InChI is InChI=1S/C15H32N2/c1-13(2,3)10-14(4,5)17-11-15(6)9-7-8-12(15)16/h12,17H,7-11,16H2,1-6H3. The molecule has 0 radical (unpaired) electrons. The molecule has 0 spiro atoms. The third-order valence-electron chi connectivity index (χ3n) is 4.10. The van der Waals surface area contributed by atoms with Crippen LogP contribution in [0, 0.1) is 10.8 Å². The molecular formula is C15H32N2. The second-order valence-electron chi connectivity index (χ2n) is 8.13. The summed E-state index contributed by atoms with van der Waals surface area (Å²) in [6, 6.07) is 0.375. The highest BCUT2D eigenvalue weighted by molar-refractivity contribution is 4.95. The van der Waals surface area contributed by atoms with Gasteiger partial charge in [0.1, 0.15) is 0 Å². The molecular weight excluding hydrogens is 208 g/mol. The molecule has 0 aromatic heterocycles. The van der Waals surface area contributed by atoms with Crippen molar-refractivity contribution in [2.24, 2.45) is 16.6 Å². The van der Waals surface area contributed by atoms with Gasteiger partial charge in [0.25, 0.3) is 0 Å². The van der Waals surface area contributed by atoms with Gasteiger partial charge >= 0.3 is 0 Å². The molecule has 2 unspecified atom stereocenters. The quantitative estimate of drug-likeness (QED) is 0.791. The maximum Gasteiger partial charge on any atom is 0.0130 e. The molecule has 17 heavy (non-hydrogen) atoms. The van der Waals surface area contributed by atoms with E-state index >= 15 is 0 Å². The maximum absolute atomic E-state index is 6.23. The second-order valence-corrected chi connectivity index (χ2v) is 8.13. The van der Waals surface area contributed by atoms with Crippen molar-refractivity contribution in [3.05, 3.63) is 0 Å². The zero-order valence-corrected chi connectivity index (χ0v) is 12.7. The molecule has 0 heterocycles. The largest absolute Gasteiger partial charge is 0.327 e. The van der Waals surface area contributed by atoms with Crippen LogP contribution in [0.5, 0.6) is 0 Å². The Labute approximate surface area is 108 Å². The first-order valence-corrected chi connectivity index (χ1v) is 7.05. The van der Waals surface area contributed by atoms with E-state index in [1.165, 1.54) is 25.7 Å². The summed E-state index contributed by atoms with van der Waals surface area (Å²) in [6.45, 7) is 14.9. The molecule has 1 aliphatic carbocycles. The van der Waals surface area contributed by atoms with Crippen molar-refractivity contribution in [1.82, 2.24) is 5.32 Å². The summed E-state index contributed by atoms with van der Waals surface area (Å²) in [6.07, 6.45) is 4.94. The molecule has 0 saturated heterocycles. The van der Waals surface area contributed by atoms with Gasteiger partial charge in [-0.25, -0.2) is 0 Å². The van der Waals surface area contributed by atoms with Crippen molar-refractivity contribution in [3.8, 4) is 0 Å². The number of hydrogen-bond acceptors (Lipinski definition) is 2. The van der Waals surface area contributed by atoms with Gasteiger partial charge in [-0.05, 0) is 43.9 Å². The topological polar surface area (TPSA) is 38.0 Å². The molecule has 1 fully saturated rings. The molecule has 2 atom stereocenters. The van der Waals surface area contributed by atoms with E-state index in [2.05, 4.69) is 46.9 Å². The highest BCUT2D eigenvalue weighted by Gasteiger charge is 2.37. The first-order valence-electron chi connectivity index (χ1n) is 7.05. The molecule has 0 bridgehead atoms. The maximum atomic E-state index is 6.23. The van der Waals surface area contributed by atoms with E-state index in [4.69, 9.17) is 5.73 Å². The van der Waals surface area contributed by atoms with E-state index < -0.39 is 0 Å². The Hall–Kier alpha value is -0.0800. The van der Waals surface area contributed by atoms with Gasteiger partial charge in [0, 0.05) is 18.1 Å². The Kier molecular flexibility index (Phi) is 4.31. The van der Waals surface area contributed by atoms with Gasteiger partial charge in [-0.3, -0.25) is 0 Å². The van der Waals surface area contributed by atoms with Crippen molar-refractivity contribution in [3.63, 3.8) is 0 Å². The lowest BCUT2D eigenvalue weighted by atomic mass is 9.80. The van der Waals surface area contributed by atoms with E-state index in [0.717, 1.165) is 6.54 Å². The molecule has 2 heteroatoms. The fraction of sp³-hybridized carbons (Fsp3) is 1.00. The van der Waals surface area contributed by atoms with E-state index in [1.54, 1.807) is 0 Å². The minimum Gasteiger partial charge on any atom is -0.327 e. The van der Waals surface area contributed by atoms with Crippen LogP contribution in [-0.2, 0) is 0 Å². The van der Waals surface area contributed by atoms with Gasteiger partial charge in [-0.2, -0.15) is 0 Å². The molecule has 3 N–H and O–H groups in total. The van der Waals surface area contributed by atoms with Crippen molar-refractivity contribution in [1.29, 1.82) is 0 Å². The van der Waals surface area contributed by atoms with Crippen molar-refractivity contribution in [2.75, 3.05) is 6.54 Å². The predicted octanol–water partition coefficient (Wildman–Crippen LogP) is 3.31. The lowest BCUT2D eigenvalue weighted by Gasteiger charge is -2.38. The molecule has 0 aromatic carbocycles. The lowest BCUT2D eigenvalue weighted by molar-refractivity contribution is 0.195. The Morgan fingerprint density at radius 2 is 1.82 bits per heavy atom. The van der Waals surface area contributed by atoms with Crippen molar-refractivity contribution < 1.29 is 0 Å². The number of hydrogen-bond donors (Lipinski definition) is 2. The molecule has 1 aliphatic rings. The summed E-state index contributed by atoms with van der Waals surface area (Å²) in [5, 5.41) is 3.75. The zero-order valence-electron chi connectivity index (χ0n) is 12.7. The molecule has 1 rings (SSSR count). The summed E-state index contributed by atoms with van der Waals surface area (Å²) in [7, 11) is 0. The average molecular weight is 240 g/mol. The van der Waals surface area contributed by atoms with Crippen LogP contribution in [0.15, 0.2) is 0 Å². The SMILES string of the molecule is CC(C)(C)CC(C)(C)NCC1(C)CCCC1N. The molecule has 102 valence electrons. The smallest absolute Gasteiger partial charge is 0.0130 e. The van der Waals surface area contributed by atoms with E-state index in [9.17, 15) is 0 Å². The van der Waals surface area contributed by atoms with Gasteiger partial charge in [-0.1, -0.05) is 34.1 Å². The fourth-order valence-corrected chi connectivity index (χ4v) is 3.31. The van der Waals surface area contributed by atoms with E-state index in [1.807, 2.05) is 0 Å². The zero-order chi connectivity index (χ0) is 13.3. The minimum atomic E-state index is 0.198. The molecule has 0 aliphatic heterocycles. The third-order valence-corrected chi connectivity index (χ3v) is 4.10. The Balaban J connectivity index is 2.49. The van der Waals surface area contributed by atoms with Crippen molar-refractivity contribution >= 4 is 0 Å². The monoisotopic (exact) mass is 240 g/mol. The van der Waals surface area contributed by atoms with Crippen LogP contribution < -0.4 is 11.1 Å². The number of nitrogens with one attached hydrogen (secondary N) is 1. The normalized spacial score (nSPS) is 30.9. The Bertz CT molecular complexity index is 252. The van der Waals surface area contributed by atoms with Gasteiger partial charge in [0.2, 0.25) is 0 Å². The lowest BCUT2D eigenvalue weighted by Crippen LogP contribution is -2.50. The molecule has 0 aromatic rings. The van der Waals surface area contributed by atoms with E-state index in [-0.39, 0.29) is 5.54 Å². The molecule has 0 amide bonds. The fourth-order valence-electron chi connectivity index (χ4n) is 3.31. The van der Waals surface area contributed by atoms with Gasteiger partial charge in [0.15, 0.2) is 0 Å². The summed E-state index contributed by atoms with van der Waals surface area (Å²) in [5.74, 6) is 0. The van der Waals surface area contributed by atoms with Crippen LogP contribution in [0.3, 0.4) is 0 Å². The Morgan fingerprint density at radius 3 is 2.24 bits per heavy atom. The molecule has 2 nitrogen and oxygen atoms in total. The van der Waals surface area contributed by atoms with Crippen LogP contribution in [0.1, 0.15) is 67.2 Å². The van der Waals surface area contributed by atoms with Gasteiger partial charge < -0.3 is 11.1 Å². The van der Waals surface area contributed by atoms with Crippen molar-refractivity contribution in [2.45, 2.75) is 78.8 Å². The first-order chi connectivity index (χ1) is 7.54. The van der Waals surface area contributed by atoms with Crippen LogP contribution in [0.2, 0.25) is 0 Å². The third kappa shape index (κ3) is 4.59. The van der Waals surface area contributed by atoms with Crippen LogP contribution >= 0.6 is 0 Å². The number of rotatable bonds is 4. The summed E-state index contributed by atoms with van der Waals surface area (Å²) in [5.41, 5.74) is 7.10. The number of nitrogens with two attached hydrogens (primary N) is 1. The first kappa shape index (κ1) is 15.0. The summed E-state index contributed by atoms with van der Waals surface area (Å²) < 4.78 is 0. The van der Waals surface area contributed by atoms with Gasteiger partial charge in [-0.15, -0.1) is 0 Å². The van der Waals surface area contributed by atoms with E-state index in [0.29, 0.717) is 16.9 Å². The highest BCUT2D eigenvalue weighted by Crippen LogP contribution is 2.37. The van der Waals surface area contributed by atoms with Crippen LogP contribution in [-0.4, -0.2) is 18.1 Å².